The molecular formula is C32H30N8O4. The summed E-state index contributed by atoms with van der Waals surface area (Å²) in [5.74, 6) is -1.47. The Hall–Kier alpha value is -5.44. The van der Waals surface area contributed by atoms with Gasteiger partial charge in [0.15, 0.2) is 0 Å². The summed E-state index contributed by atoms with van der Waals surface area (Å²) in [6, 6.07) is 11.7. The Balaban J connectivity index is 0.958. The molecule has 6 rings (SSSR count). The number of anilines is 1. The third kappa shape index (κ3) is 5.51. The Morgan fingerprint density at radius 3 is 2.73 bits per heavy atom. The van der Waals surface area contributed by atoms with Gasteiger partial charge >= 0.3 is 0 Å². The van der Waals surface area contributed by atoms with Crippen LogP contribution in [0, 0.1) is 22.7 Å². The topological polar surface area (TPSA) is 181 Å². The average Bonchev–Trinajstić information content (AvgIpc) is 3.25. The largest absolute Gasteiger partial charge is 0.388 e. The van der Waals surface area contributed by atoms with Crippen LogP contribution in [-0.4, -0.2) is 63.3 Å². The molecule has 44 heavy (non-hydrogen) atoms. The number of fused-ring (bicyclic) bond motifs is 2. The molecule has 3 aliphatic rings. The summed E-state index contributed by atoms with van der Waals surface area (Å²) in [5, 5.41) is 26.0. The molecule has 0 radical (unpaired) electrons. The van der Waals surface area contributed by atoms with E-state index in [1.807, 2.05) is 0 Å². The minimum Gasteiger partial charge on any atom is -0.388 e. The van der Waals surface area contributed by atoms with Crippen molar-refractivity contribution in [3.63, 3.8) is 0 Å². The average molecular weight is 591 g/mol. The minimum absolute atomic E-state index is 0.0854. The molecule has 1 atom stereocenters. The van der Waals surface area contributed by atoms with Gasteiger partial charge in [-0.05, 0) is 68.4 Å². The van der Waals surface area contributed by atoms with Gasteiger partial charge in [0, 0.05) is 42.7 Å². The van der Waals surface area contributed by atoms with Crippen molar-refractivity contribution < 1.29 is 19.2 Å². The fourth-order valence-electron chi connectivity index (χ4n) is 5.98. The van der Waals surface area contributed by atoms with Crippen molar-refractivity contribution in [2.24, 2.45) is 5.92 Å². The number of aromatic nitrogens is 2. The van der Waals surface area contributed by atoms with Crippen molar-refractivity contribution in [1.82, 2.24) is 25.5 Å². The molecule has 2 aliphatic heterocycles. The molecule has 1 unspecified atom stereocenters. The maximum absolute atomic E-state index is 13.0. The first-order valence-corrected chi connectivity index (χ1v) is 14.6. The van der Waals surface area contributed by atoms with E-state index in [1.165, 1.54) is 6.21 Å². The molecule has 12 nitrogen and oxygen atoms in total. The van der Waals surface area contributed by atoms with Crippen molar-refractivity contribution in [1.29, 1.82) is 10.7 Å². The van der Waals surface area contributed by atoms with Gasteiger partial charge in [-0.1, -0.05) is 6.07 Å². The molecule has 0 bridgehead atoms. The second-order valence-corrected chi connectivity index (χ2v) is 11.3. The van der Waals surface area contributed by atoms with Crippen molar-refractivity contribution >= 4 is 52.1 Å². The van der Waals surface area contributed by atoms with Crippen LogP contribution in [0.4, 0.5) is 5.69 Å². The van der Waals surface area contributed by atoms with Crippen molar-refractivity contribution in [2.45, 2.75) is 50.6 Å². The molecule has 4 N–H and O–H groups in total. The van der Waals surface area contributed by atoms with Crippen LogP contribution < -0.4 is 16.0 Å². The highest BCUT2D eigenvalue weighted by Gasteiger charge is 2.44. The quantitative estimate of drug-likeness (QED) is 0.157. The number of rotatable bonds is 10. The van der Waals surface area contributed by atoms with Crippen LogP contribution in [0.5, 0.6) is 0 Å². The Morgan fingerprint density at radius 1 is 1.14 bits per heavy atom. The van der Waals surface area contributed by atoms with E-state index < -0.39 is 29.7 Å². The number of para-hydroxylation sites is 1. The summed E-state index contributed by atoms with van der Waals surface area (Å²) in [6.45, 7) is 0.707. The number of amides is 4. The third-order valence-corrected chi connectivity index (χ3v) is 8.41. The van der Waals surface area contributed by atoms with Gasteiger partial charge in [0.2, 0.25) is 11.8 Å². The Kier molecular flexibility index (Phi) is 7.85. The SMILES string of the molecule is N#Cc1cccc2nc(/C(C=N)=C/N[C@H]3C[C@H](CCCNc4ccc5c(c4)C(=O)N(C4CCC(=O)NC4=O)C5=O)C3)cnc12. The zero-order valence-corrected chi connectivity index (χ0v) is 23.8. The lowest BCUT2D eigenvalue weighted by atomic mass is 9.77. The normalized spacial score (nSPS) is 21.4. The lowest BCUT2D eigenvalue weighted by molar-refractivity contribution is -0.136. The van der Waals surface area contributed by atoms with E-state index in [-0.39, 0.29) is 24.0 Å². The summed E-state index contributed by atoms with van der Waals surface area (Å²) in [4.78, 5) is 59.6. The van der Waals surface area contributed by atoms with Gasteiger partial charge in [-0.2, -0.15) is 5.26 Å². The summed E-state index contributed by atoms with van der Waals surface area (Å²) in [7, 11) is 0. The maximum atomic E-state index is 13.0. The van der Waals surface area contributed by atoms with Gasteiger partial charge in [0.05, 0.1) is 34.1 Å². The molecule has 2 aromatic carbocycles. The molecule has 222 valence electrons. The minimum atomic E-state index is -0.976. The molecule has 1 saturated carbocycles. The number of carbonyl (C=O) groups excluding carboxylic acids is 4. The smallest absolute Gasteiger partial charge is 0.262 e. The molecule has 1 saturated heterocycles. The highest BCUT2D eigenvalue weighted by molar-refractivity contribution is 6.23. The van der Waals surface area contributed by atoms with Gasteiger partial charge in [-0.3, -0.25) is 34.4 Å². The molecule has 3 heterocycles. The van der Waals surface area contributed by atoms with Crippen LogP contribution in [0.3, 0.4) is 0 Å². The van der Waals surface area contributed by atoms with Crippen LogP contribution in [0.1, 0.15) is 70.5 Å². The third-order valence-electron chi connectivity index (χ3n) is 8.41. The summed E-state index contributed by atoms with van der Waals surface area (Å²) >= 11 is 0. The van der Waals surface area contributed by atoms with Crippen LogP contribution in [0.25, 0.3) is 16.6 Å². The Bertz CT molecular complexity index is 1770. The molecule has 4 amide bonds. The molecular weight excluding hydrogens is 560 g/mol. The van der Waals surface area contributed by atoms with Crippen molar-refractivity contribution in [3.8, 4) is 6.07 Å². The molecule has 0 spiro atoms. The molecule has 2 fully saturated rings. The number of piperidine rings is 1. The van der Waals surface area contributed by atoms with E-state index in [1.54, 1.807) is 48.8 Å². The Labute approximate surface area is 253 Å². The first kappa shape index (κ1) is 28.7. The first-order valence-electron chi connectivity index (χ1n) is 14.6. The van der Waals surface area contributed by atoms with E-state index in [9.17, 15) is 24.4 Å². The zero-order valence-electron chi connectivity index (χ0n) is 23.8. The standard InChI is InChI=1S/C32H30N8O4/c33-14-19-4-1-5-25-29(19)37-17-26(38-25)20(15-34)16-36-22-11-18(12-22)3-2-10-35-21-6-7-23-24(13-21)32(44)40(31(23)43)27-8-9-28(41)39-30(27)42/h1,4-7,13,15-18,22,27,34-36H,2-3,8-12H2,(H,39,41,42)/b20-16+,34-15?/t18-,22-,27?. The Morgan fingerprint density at radius 2 is 1.95 bits per heavy atom. The van der Waals surface area contributed by atoms with Crippen molar-refractivity contribution in [3.05, 3.63) is 71.2 Å². The number of nitrogens with zero attached hydrogens (tertiary/aromatic N) is 4. The van der Waals surface area contributed by atoms with Gasteiger partial charge in [0.1, 0.15) is 17.6 Å². The van der Waals surface area contributed by atoms with Gasteiger partial charge in [-0.25, -0.2) is 4.98 Å². The summed E-state index contributed by atoms with van der Waals surface area (Å²) < 4.78 is 0. The van der Waals surface area contributed by atoms with E-state index >= 15 is 0 Å². The lowest BCUT2D eigenvalue weighted by Gasteiger charge is -2.36. The van der Waals surface area contributed by atoms with E-state index in [0.717, 1.165) is 36.3 Å². The fourth-order valence-corrected chi connectivity index (χ4v) is 5.98. The summed E-state index contributed by atoms with van der Waals surface area (Å²) in [5.41, 5.74) is 4.06. The monoisotopic (exact) mass is 590 g/mol. The second kappa shape index (κ2) is 12.0. The highest BCUT2D eigenvalue weighted by Crippen LogP contribution is 2.32. The fraction of sp³-hybridized carbons (Fsp3) is 0.312. The van der Waals surface area contributed by atoms with Gasteiger partial charge in [-0.15, -0.1) is 0 Å². The molecule has 12 heteroatoms. The summed E-state index contributed by atoms with van der Waals surface area (Å²) in [6.07, 6.45) is 8.85. The number of benzene rings is 2. The molecule has 3 aromatic rings. The van der Waals surface area contributed by atoms with E-state index in [4.69, 9.17) is 5.41 Å². The van der Waals surface area contributed by atoms with Crippen LogP contribution in [0.2, 0.25) is 0 Å². The number of hydrogen-bond donors (Lipinski definition) is 4. The molecule has 1 aliphatic carbocycles. The zero-order chi connectivity index (χ0) is 30.8. The number of hydrogen-bond acceptors (Lipinski definition) is 10. The van der Waals surface area contributed by atoms with Crippen LogP contribution >= 0.6 is 0 Å². The van der Waals surface area contributed by atoms with E-state index in [2.05, 4.69) is 32.0 Å². The number of carbonyl (C=O) groups is 4. The second-order valence-electron chi connectivity index (χ2n) is 11.3. The predicted molar refractivity (Wildman–Crippen MR) is 161 cm³/mol. The molecule has 1 aromatic heterocycles. The number of allylic oxidation sites excluding steroid dienone is 1. The van der Waals surface area contributed by atoms with Gasteiger partial charge < -0.3 is 16.0 Å². The maximum Gasteiger partial charge on any atom is 0.262 e. The lowest BCUT2D eigenvalue weighted by Crippen LogP contribution is -2.54. The van der Waals surface area contributed by atoms with Crippen LogP contribution in [0.15, 0.2) is 48.8 Å². The first-order chi connectivity index (χ1) is 21.4. The van der Waals surface area contributed by atoms with E-state index in [0.29, 0.717) is 46.4 Å². The number of nitrogens with one attached hydrogen (secondary N) is 4. The van der Waals surface area contributed by atoms with Gasteiger partial charge in [0.25, 0.3) is 11.8 Å². The number of imide groups is 2. The highest BCUT2D eigenvalue weighted by atomic mass is 16.2. The van der Waals surface area contributed by atoms with Crippen LogP contribution in [-0.2, 0) is 9.59 Å². The number of nitriles is 1. The van der Waals surface area contributed by atoms with Crippen molar-refractivity contribution in [2.75, 3.05) is 11.9 Å². The predicted octanol–water partition coefficient (Wildman–Crippen LogP) is 3.15.